The van der Waals surface area contributed by atoms with Crippen molar-refractivity contribution in [3.05, 3.63) is 186 Å². The van der Waals surface area contributed by atoms with Crippen LogP contribution in [-0.2, 0) is 0 Å². The summed E-state index contributed by atoms with van der Waals surface area (Å²) >= 11 is 0. The molecule has 0 aliphatic heterocycles. The molecule has 1 heteroatoms. The number of aryl methyl sites for hydroxylation is 1. The first kappa shape index (κ1) is 25.2. The minimum atomic E-state index is 1.12. The van der Waals surface area contributed by atoms with Crippen molar-refractivity contribution in [3.8, 4) is 0 Å². The van der Waals surface area contributed by atoms with Crippen LogP contribution < -0.4 is 4.90 Å². The van der Waals surface area contributed by atoms with Crippen LogP contribution in [0.4, 0.5) is 11.4 Å². The molecule has 192 valence electrons. The Morgan fingerprint density at radius 2 is 1.05 bits per heavy atom. The van der Waals surface area contributed by atoms with Gasteiger partial charge in [-0.15, -0.1) is 0 Å². The zero-order chi connectivity index (χ0) is 27.1. The molecular formula is C39H31N. The topological polar surface area (TPSA) is 3.24 Å². The van der Waals surface area contributed by atoms with Gasteiger partial charge in [0.1, 0.15) is 0 Å². The molecule has 0 atom stereocenters. The normalized spacial score (nSPS) is 11.0. The maximum atomic E-state index is 2.34. The summed E-state index contributed by atoms with van der Waals surface area (Å²) in [4.78, 5) is 2.34. The summed E-state index contributed by atoms with van der Waals surface area (Å²) in [6, 6.07) is 53.7. The highest BCUT2D eigenvalue weighted by Crippen LogP contribution is 2.37. The lowest BCUT2D eigenvalue weighted by Crippen LogP contribution is -2.11. The van der Waals surface area contributed by atoms with Gasteiger partial charge in [-0.1, -0.05) is 151 Å². The Bertz CT molecular complexity index is 1720. The largest absolute Gasteiger partial charge is 0.316 e. The molecule has 6 aromatic carbocycles. The molecule has 0 N–H and O–H groups in total. The van der Waals surface area contributed by atoms with E-state index in [1.165, 1.54) is 44.2 Å². The molecule has 0 spiro atoms. The Kier molecular flexibility index (Phi) is 7.37. The highest BCUT2D eigenvalue weighted by atomic mass is 15.1. The quantitative estimate of drug-likeness (QED) is 0.192. The standard InChI is InChI=1S/C39H31N/c1-30-21-26-35(27-22-30)40(29-38(32-15-7-3-8-16-32)33-17-9-4-10-18-33)39-28-25-34(36-19-11-12-20-37(36)39)24-23-31-13-5-2-6-14-31/h2-29H,1H3. The lowest BCUT2D eigenvalue weighted by atomic mass is 9.97. The van der Waals surface area contributed by atoms with Gasteiger partial charge < -0.3 is 4.90 Å². The first-order chi connectivity index (χ1) is 19.8. The Morgan fingerprint density at radius 1 is 0.500 bits per heavy atom. The molecule has 6 rings (SSSR count). The van der Waals surface area contributed by atoms with Crippen LogP contribution in [0.5, 0.6) is 0 Å². The number of benzene rings is 6. The van der Waals surface area contributed by atoms with Crippen molar-refractivity contribution in [1.29, 1.82) is 0 Å². The molecule has 0 amide bonds. The molecule has 0 heterocycles. The average molecular weight is 514 g/mol. The summed E-state index contributed by atoms with van der Waals surface area (Å²) in [5.41, 5.74) is 9.41. The van der Waals surface area contributed by atoms with Crippen molar-refractivity contribution in [1.82, 2.24) is 0 Å². The lowest BCUT2D eigenvalue weighted by molar-refractivity contribution is 1.28. The fraction of sp³-hybridized carbons (Fsp3) is 0.0256. The van der Waals surface area contributed by atoms with Crippen LogP contribution in [0.25, 0.3) is 28.5 Å². The van der Waals surface area contributed by atoms with Crippen molar-refractivity contribution < 1.29 is 0 Å². The Morgan fingerprint density at radius 3 is 1.68 bits per heavy atom. The molecule has 0 aliphatic rings. The maximum absolute atomic E-state index is 2.34. The van der Waals surface area contributed by atoms with E-state index in [-0.39, 0.29) is 0 Å². The summed E-state index contributed by atoms with van der Waals surface area (Å²) in [5.74, 6) is 0. The van der Waals surface area contributed by atoms with E-state index in [1.54, 1.807) is 0 Å². The van der Waals surface area contributed by atoms with Crippen LogP contribution in [0.2, 0.25) is 0 Å². The van der Waals surface area contributed by atoms with Crippen LogP contribution in [0.15, 0.2) is 158 Å². The molecular weight excluding hydrogens is 482 g/mol. The van der Waals surface area contributed by atoms with Gasteiger partial charge in [-0.2, -0.15) is 0 Å². The summed E-state index contributed by atoms with van der Waals surface area (Å²) in [6.07, 6.45) is 6.69. The summed E-state index contributed by atoms with van der Waals surface area (Å²) < 4.78 is 0. The van der Waals surface area contributed by atoms with E-state index in [2.05, 4.69) is 176 Å². The fourth-order valence-corrected chi connectivity index (χ4v) is 5.08. The second-order valence-corrected chi connectivity index (χ2v) is 9.94. The van der Waals surface area contributed by atoms with Crippen LogP contribution in [0.1, 0.15) is 27.8 Å². The van der Waals surface area contributed by atoms with Crippen molar-refractivity contribution in [2.45, 2.75) is 6.92 Å². The van der Waals surface area contributed by atoms with Gasteiger partial charge in [0.2, 0.25) is 0 Å². The van der Waals surface area contributed by atoms with E-state index in [1.807, 2.05) is 6.07 Å². The molecule has 0 unspecified atom stereocenters. The predicted octanol–water partition coefficient (Wildman–Crippen LogP) is 10.5. The van der Waals surface area contributed by atoms with Gasteiger partial charge >= 0.3 is 0 Å². The Balaban J connectivity index is 1.55. The second-order valence-electron chi connectivity index (χ2n) is 9.94. The van der Waals surface area contributed by atoms with Crippen LogP contribution in [0, 0.1) is 6.92 Å². The molecule has 1 nitrogen and oxygen atoms in total. The molecule has 0 fully saturated rings. The average Bonchev–Trinajstić information content (AvgIpc) is 3.03. The molecule has 0 saturated heterocycles. The number of fused-ring (bicyclic) bond motifs is 1. The smallest absolute Gasteiger partial charge is 0.0534 e. The summed E-state index contributed by atoms with van der Waals surface area (Å²) in [5, 5.41) is 2.42. The van der Waals surface area contributed by atoms with E-state index in [0.717, 1.165) is 11.4 Å². The summed E-state index contributed by atoms with van der Waals surface area (Å²) in [6.45, 7) is 2.13. The molecule has 6 aromatic rings. The van der Waals surface area contributed by atoms with E-state index in [4.69, 9.17) is 0 Å². The van der Waals surface area contributed by atoms with Gasteiger partial charge in [0.25, 0.3) is 0 Å². The van der Waals surface area contributed by atoms with Crippen molar-refractivity contribution >= 4 is 39.9 Å². The van der Waals surface area contributed by atoms with Gasteiger partial charge in [0.15, 0.2) is 0 Å². The SMILES string of the molecule is Cc1ccc(N(C=C(c2ccccc2)c2ccccc2)c2ccc(C=Cc3ccccc3)c3ccccc23)cc1. The minimum Gasteiger partial charge on any atom is -0.316 e. The lowest BCUT2D eigenvalue weighted by Gasteiger charge is -2.25. The van der Waals surface area contributed by atoms with Gasteiger partial charge in [-0.05, 0) is 52.8 Å². The van der Waals surface area contributed by atoms with Gasteiger partial charge in [-0.3, -0.25) is 0 Å². The molecule has 0 bridgehead atoms. The van der Waals surface area contributed by atoms with E-state index >= 15 is 0 Å². The number of hydrogen-bond acceptors (Lipinski definition) is 1. The Hall–Kier alpha value is -5.14. The van der Waals surface area contributed by atoms with Gasteiger partial charge in [-0.25, -0.2) is 0 Å². The van der Waals surface area contributed by atoms with Crippen LogP contribution in [0.3, 0.4) is 0 Å². The van der Waals surface area contributed by atoms with Crippen LogP contribution in [-0.4, -0.2) is 0 Å². The molecule has 0 radical (unpaired) electrons. The highest BCUT2D eigenvalue weighted by Gasteiger charge is 2.15. The van der Waals surface area contributed by atoms with Crippen molar-refractivity contribution in [2.24, 2.45) is 0 Å². The number of rotatable bonds is 7. The zero-order valence-electron chi connectivity index (χ0n) is 22.6. The van der Waals surface area contributed by atoms with Gasteiger partial charge in [0, 0.05) is 22.8 Å². The predicted molar refractivity (Wildman–Crippen MR) is 173 cm³/mol. The molecule has 40 heavy (non-hydrogen) atoms. The fourth-order valence-electron chi connectivity index (χ4n) is 5.08. The molecule has 0 aromatic heterocycles. The second kappa shape index (κ2) is 11.7. The number of nitrogens with zero attached hydrogens (tertiary/aromatic N) is 1. The highest BCUT2D eigenvalue weighted by molar-refractivity contribution is 6.03. The maximum Gasteiger partial charge on any atom is 0.0534 e. The first-order valence-electron chi connectivity index (χ1n) is 13.7. The molecule has 0 aliphatic carbocycles. The number of hydrogen-bond donors (Lipinski definition) is 0. The van der Waals surface area contributed by atoms with E-state index < -0.39 is 0 Å². The summed E-state index contributed by atoms with van der Waals surface area (Å²) in [7, 11) is 0. The van der Waals surface area contributed by atoms with Crippen LogP contribution >= 0.6 is 0 Å². The Labute approximate surface area is 237 Å². The van der Waals surface area contributed by atoms with E-state index in [9.17, 15) is 0 Å². The zero-order valence-corrected chi connectivity index (χ0v) is 22.6. The third kappa shape index (κ3) is 5.50. The molecule has 0 saturated carbocycles. The van der Waals surface area contributed by atoms with Crippen molar-refractivity contribution in [3.63, 3.8) is 0 Å². The van der Waals surface area contributed by atoms with Gasteiger partial charge in [0.05, 0.1) is 5.69 Å². The first-order valence-corrected chi connectivity index (χ1v) is 13.7. The minimum absolute atomic E-state index is 1.12. The number of anilines is 2. The third-order valence-corrected chi connectivity index (χ3v) is 7.19. The van der Waals surface area contributed by atoms with E-state index in [0.29, 0.717) is 0 Å². The monoisotopic (exact) mass is 513 g/mol. The third-order valence-electron chi connectivity index (χ3n) is 7.19. The van der Waals surface area contributed by atoms with Crippen molar-refractivity contribution in [2.75, 3.05) is 4.90 Å².